The summed E-state index contributed by atoms with van der Waals surface area (Å²) in [5.74, 6) is -1.98. The summed E-state index contributed by atoms with van der Waals surface area (Å²) in [5, 5.41) is 8.74. The highest BCUT2D eigenvalue weighted by Crippen LogP contribution is 2.12. The molecule has 1 N–H and O–H groups in total. The summed E-state index contributed by atoms with van der Waals surface area (Å²) < 4.78 is 28.1. The van der Waals surface area contributed by atoms with E-state index in [9.17, 15) is 13.6 Å². The molecule has 0 radical (unpaired) electrons. The summed E-state index contributed by atoms with van der Waals surface area (Å²) in [4.78, 5) is 10.8. The van der Waals surface area contributed by atoms with E-state index in [1.807, 2.05) is 0 Å². The van der Waals surface area contributed by atoms with Gasteiger partial charge in [0.25, 0.3) is 6.43 Å². The second kappa shape index (κ2) is 5.03. The normalized spacial score (nSPS) is 15.8. The van der Waals surface area contributed by atoms with Crippen LogP contribution in [0.25, 0.3) is 0 Å². The van der Waals surface area contributed by atoms with Gasteiger partial charge < -0.3 is 9.84 Å². The van der Waals surface area contributed by atoms with Gasteiger partial charge in [-0.05, 0) is 13.8 Å². The molecule has 0 aromatic heterocycles. The van der Waals surface area contributed by atoms with Gasteiger partial charge in [0.15, 0.2) is 0 Å². The lowest BCUT2D eigenvalue weighted by Gasteiger charge is -2.15. The van der Waals surface area contributed by atoms with Gasteiger partial charge >= 0.3 is 5.97 Å². The van der Waals surface area contributed by atoms with Crippen LogP contribution in [0.2, 0.25) is 0 Å². The van der Waals surface area contributed by atoms with E-state index in [0.29, 0.717) is 0 Å². The molecular formula is C7H12F2O3. The summed E-state index contributed by atoms with van der Waals surface area (Å²) in [6, 6.07) is 0. The topological polar surface area (TPSA) is 46.5 Å². The predicted molar refractivity (Wildman–Crippen MR) is 37.8 cm³/mol. The molecule has 0 saturated heterocycles. The average Bonchev–Trinajstić information content (AvgIpc) is 2.02. The van der Waals surface area contributed by atoms with Crippen LogP contribution in [-0.4, -0.2) is 30.2 Å². The van der Waals surface area contributed by atoms with Crippen molar-refractivity contribution >= 4 is 5.97 Å². The zero-order valence-electron chi connectivity index (χ0n) is 6.96. The first kappa shape index (κ1) is 11.3. The highest BCUT2D eigenvalue weighted by Gasteiger charge is 2.30. The molecule has 0 amide bonds. The molecule has 0 aromatic carbocycles. The minimum atomic E-state index is -2.91. The Bertz CT molecular complexity index is 150. The van der Waals surface area contributed by atoms with Crippen molar-refractivity contribution in [1.82, 2.24) is 0 Å². The van der Waals surface area contributed by atoms with Gasteiger partial charge in [-0.2, -0.15) is 0 Å². The Labute approximate surface area is 69.3 Å². The molecule has 0 unspecified atom stereocenters. The minimum Gasteiger partial charge on any atom is -0.466 e. The predicted octanol–water partition coefficient (Wildman–Crippen LogP) is 0.812. The minimum absolute atomic E-state index is 0.124. The lowest BCUT2D eigenvalue weighted by atomic mass is 10.1. The van der Waals surface area contributed by atoms with Crippen LogP contribution >= 0.6 is 0 Å². The van der Waals surface area contributed by atoms with Crippen LogP contribution in [0, 0.1) is 5.92 Å². The third-order valence-electron chi connectivity index (χ3n) is 1.43. The molecule has 0 aromatic rings. The van der Waals surface area contributed by atoms with Crippen molar-refractivity contribution in [3.63, 3.8) is 0 Å². The number of rotatable bonds is 4. The van der Waals surface area contributed by atoms with Crippen LogP contribution in [0.5, 0.6) is 0 Å². The first-order chi connectivity index (χ1) is 5.50. The molecule has 5 heteroatoms. The maximum atomic E-state index is 11.8. The van der Waals surface area contributed by atoms with Crippen molar-refractivity contribution in [2.24, 2.45) is 5.92 Å². The molecule has 0 heterocycles. The van der Waals surface area contributed by atoms with Crippen LogP contribution in [0.1, 0.15) is 13.8 Å². The van der Waals surface area contributed by atoms with E-state index < -0.39 is 24.4 Å². The standard InChI is InChI=1S/C7H12F2O3/c1-3-12-7(11)4(2)5(10)6(8)9/h4-6,10H,3H2,1-2H3/t4-,5+/m1/s1. The lowest BCUT2D eigenvalue weighted by molar-refractivity contribution is -0.155. The Balaban J connectivity index is 4.00. The summed E-state index contributed by atoms with van der Waals surface area (Å²) in [6.07, 6.45) is -4.85. The summed E-state index contributed by atoms with van der Waals surface area (Å²) >= 11 is 0. The van der Waals surface area contributed by atoms with Crippen molar-refractivity contribution < 1.29 is 23.4 Å². The van der Waals surface area contributed by atoms with Gasteiger partial charge in [-0.1, -0.05) is 0 Å². The highest BCUT2D eigenvalue weighted by molar-refractivity contribution is 5.72. The van der Waals surface area contributed by atoms with Crippen molar-refractivity contribution in [1.29, 1.82) is 0 Å². The van der Waals surface area contributed by atoms with Crippen LogP contribution in [0.3, 0.4) is 0 Å². The van der Waals surface area contributed by atoms with Gasteiger partial charge in [0.05, 0.1) is 12.5 Å². The number of hydrogen-bond donors (Lipinski definition) is 1. The molecule has 12 heavy (non-hydrogen) atoms. The summed E-state index contributed by atoms with van der Waals surface area (Å²) in [5.41, 5.74) is 0. The van der Waals surface area contributed by atoms with E-state index in [2.05, 4.69) is 4.74 Å². The van der Waals surface area contributed by atoms with E-state index in [1.165, 1.54) is 6.92 Å². The molecule has 0 spiro atoms. The van der Waals surface area contributed by atoms with E-state index in [4.69, 9.17) is 5.11 Å². The molecule has 2 atom stereocenters. The fourth-order valence-corrected chi connectivity index (χ4v) is 0.631. The van der Waals surface area contributed by atoms with Crippen molar-refractivity contribution in [2.75, 3.05) is 6.61 Å². The number of aliphatic hydroxyl groups excluding tert-OH is 1. The van der Waals surface area contributed by atoms with E-state index >= 15 is 0 Å². The molecular weight excluding hydrogens is 170 g/mol. The Morgan fingerprint density at radius 2 is 2.08 bits per heavy atom. The Morgan fingerprint density at radius 3 is 2.42 bits per heavy atom. The van der Waals surface area contributed by atoms with Crippen molar-refractivity contribution in [3.05, 3.63) is 0 Å². The molecule has 0 aliphatic carbocycles. The van der Waals surface area contributed by atoms with Gasteiger partial charge in [0.1, 0.15) is 6.10 Å². The zero-order chi connectivity index (χ0) is 9.72. The number of carbonyl (C=O) groups is 1. The molecule has 0 bridgehead atoms. The van der Waals surface area contributed by atoms with Crippen LogP contribution in [0.15, 0.2) is 0 Å². The Hall–Kier alpha value is -0.710. The quantitative estimate of drug-likeness (QED) is 0.654. The largest absolute Gasteiger partial charge is 0.466 e. The summed E-state index contributed by atoms with van der Waals surface area (Å²) in [6.45, 7) is 2.90. The molecule has 0 fully saturated rings. The van der Waals surface area contributed by atoms with Gasteiger partial charge in [-0.15, -0.1) is 0 Å². The molecule has 0 aliphatic heterocycles. The van der Waals surface area contributed by atoms with Crippen LogP contribution < -0.4 is 0 Å². The smallest absolute Gasteiger partial charge is 0.311 e. The molecule has 0 saturated carbocycles. The SMILES string of the molecule is CCOC(=O)[C@H](C)[C@H](O)C(F)F. The van der Waals surface area contributed by atoms with Gasteiger partial charge in [0, 0.05) is 0 Å². The highest BCUT2D eigenvalue weighted by atomic mass is 19.3. The number of carbonyl (C=O) groups excluding carboxylic acids is 1. The first-order valence-corrected chi connectivity index (χ1v) is 3.63. The number of esters is 1. The fraction of sp³-hybridized carbons (Fsp3) is 0.857. The number of aliphatic hydroxyl groups is 1. The van der Waals surface area contributed by atoms with Crippen molar-refractivity contribution in [2.45, 2.75) is 26.4 Å². The van der Waals surface area contributed by atoms with E-state index in [1.54, 1.807) is 6.92 Å². The number of alkyl halides is 2. The second-order valence-electron chi connectivity index (χ2n) is 2.37. The first-order valence-electron chi connectivity index (χ1n) is 3.63. The average molecular weight is 182 g/mol. The lowest BCUT2D eigenvalue weighted by Crippen LogP contribution is -2.32. The van der Waals surface area contributed by atoms with Gasteiger partial charge in [-0.3, -0.25) is 4.79 Å². The third-order valence-corrected chi connectivity index (χ3v) is 1.43. The summed E-state index contributed by atoms with van der Waals surface area (Å²) in [7, 11) is 0. The maximum Gasteiger partial charge on any atom is 0.311 e. The van der Waals surface area contributed by atoms with Gasteiger partial charge in [0.2, 0.25) is 0 Å². The Kier molecular flexibility index (Phi) is 4.73. The van der Waals surface area contributed by atoms with Crippen LogP contribution in [-0.2, 0) is 9.53 Å². The maximum absolute atomic E-state index is 11.8. The molecule has 0 aliphatic rings. The fourth-order valence-electron chi connectivity index (χ4n) is 0.631. The number of halogens is 2. The molecule has 3 nitrogen and oxygen atoms in total. The third kappa shape index (κ3) is 3.13. The van der Waals surface area contributed by atoms with E-state index in [0.717, 1.165) is 0 Å². The van der Waals surface area contributed by atoms with Crippen molar-refractivity contribution in [3.8, 4) is 0 Å². The van der Waals surface area contributed by atoms with E-state index in [-0.39, 0.29) is 6.61 Å². The van der Waals surface area contributed by atoms with Crippen LogP contribution in [0.4, 0.5) is 8.78 Å². The zero-order valence-corrected chi connectivity index (χ0v) is 6.96. The Morgan fingerprint density at radius 1 is 1.58 bits per heavy atom. The monoisotopic (exact) mass is 182 g/mol. The number of hydrogen-bond acceptors (Lipinski definition) is 3. The van der Waals surface area contributed by atoms with Gasteiger partial charge in [-0.25, -0.2) is 8.78 Å². The second-order valence-corrected chi connectivity index (χ2v) is 2.37. The molecule has 72 valence electrons. The molecule has 0 rings (SSSR count). The number of ether oxygens (including phenoxy) is 1.